The molecule has 3 aromatic carbocycles. The third-order valence-corrected chi connectivity index (χ3v) is 6.34. The standard InChI is InChI=1S/C24H14N2S/c1-2-8-16-15(7-1)17-9-3-4-10-19(17)22-21-18(16)11-5-12-20(21)27-23(22)24-25-13-6-14-26-24/h1-14H. The topological polar surface area (TPSA) is 25.8 Å². The Morgan fingerprint density at radius 2 is 1.15 bits per heavy atom. The van der Waals surface area contributed by atoms with Crippen LogP contribution in [0.2, 0.25) is 0 Å². The molecule has 1 aliphatic rings. The molecule has 2 heterocycles. The molecule has 0 saturated heterocycles. The van der Waals surface area contributed by atoms with Crippen LogP contribution in [0.1, 0.15) is 0 Å². The molecule has 0 amide bonds. The summed E-state index contributed by atoms with van der Waals surface area (Å²) in [6.45, 7) is 0. The van der Waals surface area contributed by atoms with Gasteiger partial charge in [-0.05, 0) is 39.9 Å². The molecule has 0 unspecified atom stereocenters. The molecule has 0 aliphatic heterocycles. The fourth-order valence-corrected chi connectivity index (χ4v) is 5.28. The van der Waals surface area contributed by atoms with Crippen molar-refractivity contribution in [1.29, 1.82) is 0 Å². The summed E-state index contributed by atoms with van der Waals surface area (Å²) in [4.78, 5) is 10.3. The van der Waals surface area contributed by atoms with Crippen LogP contribution in [0.3, 0.4) is 0 Å². The largest absolute Gasteiger partial charge is 0.236 e. The number of fused-ring (bicyclic) bond motifs is 5. The molecular formula is C24H14N2S. The van der Waals surface area contributed by atoms with Crippen molar-refractivity contribution in [2.45, 2.75) is 0 Å². The molecule has 2 nitrogen and oxygen atoms in total. The summed E-state index contributed by atoms with van der Waals surface area (Å²) < 4.78 is 1.27. The molecule has 27 heavy (non-hydrogen) atoms. The smallest absolute Gasteiger partial charge is 0.170 e. The van der Waals surface area contributed by atoms with Gasteiger partial charge in [-0.15, -0.1) is 11.3 Å². The van der Waals surface area contributed by atoms with Crippen molar-refractivity contribution in [3.8, 4) is 44.1 Å². The lowest BCUT2D eigenvalue weighted by Gasteiger charge is -2.11. The van der Waals surface area contributed by atoms with E-state index in [1.54, 1.807) is 11.3 Å². The lowest BCUT2D eigenvalue weighted by molar-refractivity contribution is 1.19. The highest BCUT2D eigenvalue weighted by Crippen LogP contribution is 2.53. The summed E-state index contributed by atoms with van der Waals surface area (Å²) in [5, 5.41) is 1.31. The maximum absolute atomic E-state index is 4.56. The normalized spacial score (nSPS) is 11.7. The van der Waals surface area contributed by atoms with E-state index < -0.39 is 0 Å². The average molecular weight is 362 g/mol. The van der Waals surface area contributed by atoms with E-state index in [9.17, 15) is 0 Å². The quantitative estimate of drug-likeness (QED) is 0.326. The lowest BCUT2D eigenvalue weighted by atomic mass is 9.94. The van der Waals surface area contributed by atoms with Crippen molar-refractivity contribution in [3.05, 3.63) is 85.2 Å². The zero-order valence-electron chi connectivity index (χ0n) is 14.4. The van der Waals surface area contributed by atoms with Crippen molar-refractivity contribution in [3.63, 3.8) is 0 Å². The van der Waals surface area contributed by atoms with E-state index in [2.05, 4.69) is 76.7 Å². The highest BCUT2D eigenvalue weighted by molar-refractivity contribution is 7.23. The van der Waals surface area contributed by atoms with Crippen molar-refractivity contribution >= 4 is 21.4 Å². The second-order valence-electron chi connectivity index (χ2n) is 6.65. The summed E-state index contributed by atoms with van der Waals surface area (Å²) in [5.41, 5.74) is 7.62. The Kier molecular flexibility index (Phi) is 3.07. The van der Waals surface area contributed by atoms with Gasteiger partial charge < -0.3 is 0 Å². The van der Waals surface area contributed by atoms with Gasteiger partial charge >= 0.3 is 0 Å². The number of benzene rings is 3. The molecule has 0 bridgehead atoms. The van der Waals surface area contributed by atoms with Gasteiger partial charge in [0.05, 0.1) is 4.88 Å². The molecule has 0 atom stereocenters. The third kappa shape index (κ3) is 2.06. The molecular weight excluding hydrogens is 348 g/mol. The van der Waals surface area contributed by atoms with E-state index in [-0.39, 0.29) is 0 Å². The van der Waals surface area contributed by atoms with Gasteiger partial charge in [-0.2, -0.15) is 0 Å². The minimum Gasteiger partial charge on any atom is -0.236 e. The Morgan fingerprint density at radius 3 is 1.89 bits per heavy atom. The van der Waals surface area contributed by atoms with Crippen LogP contribution < -0.4 is 0 Å². The fourth-order valence-electron chi connectivity index (χ4n) is 4.09. The van der Waals surface area contributed by atoms with E-state index in [4.69, 9.17) is 0 Å². The first kappa shape index (κ1) is 14.8. The average Bonchev–Trinajstić information content (AvgIpc) is 3.08. The third-order valence-electron chi connectivity index (χ3n) is 5.19. The fraction of sp³-hybridized carbons (Fsp3) is 0. The molecule has 0 spiro atoms. The monoisotopic (exact) mass is 362 g/mol. The predicted octanol–water partition coefficient (Wildman–Crippen LogP) is 6.67. The molecule has 0 N–H and O–H groups in total. The molecule has 6 rings (SSSR count). The second kappa shape index (κ2) is 5.60. The summed E-state index contributed by atoms with van der Waals surface area (Å²) in [7, 11) is 0. The number of thiophene rings is 1. The Morgan fingerprint density at radius 1 is 0.556 bits per heavy atom. The van der Waals surface area contributed by atoms with Crippen LogP contribution in [0.4, 0.5) is 0 Å². The van der Waals surface area contributed by atoms with E-state index in [1.165, 1.54) is 43.5 Å². The van der Waals surface area contributed by atoms with Gasteiger partial charge in [-0.1, -0.05) is 60.7 Å². The summed E-state index contributed by atoms with van der Waals surface area (Å²) >= 11 is 1.78. The zero-order chi connectivity index (χ0) is 17.8. The number of nitrogens with zero attached hydrogens (tertiary/aromatic N) is 2. The highest BCUT2D eigenvalue weighted by atomic mass is 32.1. The van der Waals surface area contributed by atoms with Crippen LogP contribution in [0.25, 0.3) is 54.2 Å². The molecule has 126 valence electrons. The second-order valence-corrected chi connectivity index (χ2v) is 7.70. The van der Waals surface area contributed by atoms with Crippen molar-refractivity contribution < 1.29 is 0 Å². The molecule has 1 aliphatic carbocycles. The van der Waals surface area contributed by atoms with Crippen LogP contribution in [0.15, 0.2) is 85.2 Å². The van der Waals surface area contributed by atoms with E-state index >= 15 is 0 Å². The Bertz CT molecular complexity index is 1320. The van der Waals surface area contributed by atoms with Crippen LogP contribution in [0, 0.1) is 0 Å². The first-order chi connectivity index (χ1) is 13.4. The summed E-state index contributed by atoms with van der Waals surface area (Å²) in [6.07, 6.45) is 3.63. The van der Waals surface area contributed by atoms with Gasteiger partial charge in [-0.25, -0.2) is 9.97 Å². The first-order valence-corrected chi connectivity index (χ1v) is 9.75. The Balaban J connectivity index is 1.86. The molecule has 2 aromatic heterocycles. The summed E-state index contributed by atoms with van der Waals surface area (Å²) in [6, 6.07) is 25.8. The van der Waals surface area contributed by atoms with Crippen molar-refractivity contribution in [1.82, 2.24) is 9.97 Å². The Labute approximate surface area is 160 Å². The van der Waals surface area contributed by atoms with Gasteiger partial charge in [0, 0.05) is 28.0 Å². The maximum atomic E-state index is 4.56. The van der Waals surface area contributed by atoms with Crippen LogP contribution in [-0.2, 0) is 0 Å². The number of rotatable bonds is 1. The molecule has 0 radical (unpaired) electrons. The summed E-state index contributed by atoms with van der Waals surface area (Å²) in [5.74, 6) is 0.792. The van der Waals surface area contributed by atoms with Gasteiger partial charge in [0.15, 0.2) is 5.82 Å². The van der Waals surface area contributed by atoms with Crippen molar-refractivity contribution in [2.24, 2.45) is 0 Å². The first-order valence-electron chi connectivity index (χ1n) is 8.94. The van der Waals surface area contributed by atoms with Crippen molar-refractivity contribution in [2.75, 3.05) is 0 Å². The van der Waals surface area contributed by atoms with Gasteiger partial charge in [0.25, 0.3) is 0 Å². The number of hydrogen-bond acceptors (Lipinski definition) is 3. The van der Waals surface area contributed by atoms with Crippen LogP contribution >= 0.6 is 11.3 Å². The zero-order valence-corrected chi connectivity index (χ0v) is 15.2. The predicted molar refractivity (Wildman–Crippen MR) is 113 cm³/mol. The highest BCUT2D eigenvalue weighted by Gasteiger charge is 2.26. The van der Waals surface area contributed by atoms with E-state index in [1.807, 2.05) is 18.5 Å². The SMILES string of the molecule is c1cnc(-c2sc3cccc4c3c2-c2ccccc2-c2ccccc2-4)nc1. The van der Waals surface area contributed by atoms with Gasteiger partial charge in [0.2, 0.25) is 0 Å². The number of aromatic nitrogens is 2. The molecule has 0 saturated carbocycles. The van der Waals surface area contributed by atoms with Gasteiger partial charge in [-0.3, -0.25) is 0 Å². The minimum absolute atomic E-state index is 0.792. The van der Waals surface area contributed by atoms with E-state index in [0.29, 0.717) is 0 Å². The lowest BCUT2D eigenvalue weighted by Crippen LogP contribution is -1.88. The minimum atomic E-state index is 0.792. The molecule has 0 fully saturated rings. The molecule has 3 heteroatoms. The maximum Gasteiger partial charge on any atom is 0.170 e. The van der Waals surface area contributed by atoms with Gasteiger partial charge in [0.1, 0.15) is 0 Å². The van der Waals surface area contributed by atoms with Crippen LogP contribution in [0.5, 0.6) is 0 Å². The molecule has 5 aromatic rings. The Hall–Kier alpha value is -3.30. The van der Waals surface area contributed by atoms with Crippen LogP contribution in [-0.4, -0.2) is 9.97 Å². The van der Waals surface area contributed by atoms with E-state index in [0.717, 1.165) is 10.7 Å². The number of hydrogen-bond donors (Lipinski definition) is 0.